The maximum absolute atomic E-state index is 13.1. The van der Waals surface area contributed by atoms with Gasteiger partial charge in [-0.15, -0.1) is 0 Å². The molecule has 0 aromatic rings. The summed E-state index contributed by atoms with van der Waals surface area (Å²) in [5.74, 6) is 5.39. The largest absolute Gasteiger partial charge is 0.462 e. The number of methoxy groups -OCH3 is 1. The molecule has 0 aliphatic heterocycles. The molecule has 0 heterocycles. The van der Waals surface area contributed by atoms with Gasteiger partial charge in [-0.3, -0.25) is 47.9 Å². The molecule has 726 valence electrons. The highest BCUT2D eigenvalue weighted by Crippen LogP contribution is 2.71. The van der Waals surface area contributed by atoms with Crippen LogP contribution in [0.1, 0.15) is 414 Å². The van der Waals surface area contributed by atoms with Gasteiger partial charge in [0.15, 0.2) is 12.6 Å². The molecule has 11 saturated carbocycles. The summed E-state index contributed by atoms with van der Waals surface area (Å²) in [5.41, 5.74) is -5.58. The number of carbonyl (C=O) groups excluding carboxylic acids is 10. The maximum atomic E-state index is 13.1. The minimum absolute atomic E-state index is 0.0120. The third-order valence-corrected chi connectivity index (χ3v) is 31.8. The van der Waals surface area contributed by atoms with Gasteiger partial charge in [0.2, 0.25) is 0 Å². The summed E-state index contributed by atoms with van der Waals surface area (Å²) in [5, 5.41) is 0. The summed E-state index contributed by atoms with van der Waals surface area (Å²) in [6.45, 7) is 60.2. The summed E-state index contributed by atoms with van der Waals surface area (Å²) in [6, 6.07) is 0. The van der Waals surface area contributed by atoms with Crippen molar-refractivity contribution in [2.24, 2.45) is 115 Å². The van der Waals surface area contributed by atoms with Gasteiger partial charge in [0.1, 0.15) is 45.8 Å². The molecule has 0 aromatic carbocycles. The standard InChI is InChI=1S/C24H38O4.C22H38O4.C21H34O4.C18H30O4.C10H20O3.C9H18O3/c1-7-23(5,6)21(26)28-24(13-18(25)27-22(2,3)4)12-16-11-17(24)20-15-9-8-14(10-15)19(16)20;1-7-21(3,4)20(24)25-18-12-11-15-13-17(10-9-16(15)14-18)19(23)26-22(5,6)8-2;1-5-19(2,3)18(23)25-21(13-15-8-9-16(21)12-15)14-17(22)24-20(4)10-6-7-11-20;1-7-18(5,6)16(20)21-14-10-11-8-12(14)9-13(11)15(19)22-17(2,3)4;1-6-10(4,5)9(11)13-8(3)12-7-2;1-6-9(3,4)8(10)12-7(2)11-5/h14-17,19-20H,7-13H2,1-6H3;15-18H,7-14H2,1-6H3;15-16H,5-14H2,1-4H3;11-14H,7-10H2,1-6H3;8H,6-7H2,1-5H3;7H,6H2,1-5H3. The van der Waals surface area contributed by atoms with Gasteiger partial charge >= 0.3 is 59.7 Å². The first-order valence-electron chi connectivity index (χ1n) is 49.5. The van der Waals surface area contributed by atoms with Gasteiger partial charge in [0, 0.05) is 19.6 Å². The van der Waals surface area contributed by atoms with Crippen LogP contribution in [0, 0.1) is 115 Å². The zero-order valence-electron chi connectivity index (χ0n) is 85.0. The summed E-state index contributed by atoms with van der Waals surface area (Å²) in [6.07, 6.45) is 27.8. The summed E-state index contributed by atoms with van der Waals surface area (Å²) in [7, 11) is 1.51. The minimum Gasteiger partial charge on any atom is -0.462 e. The molecular weight excluding hydrogens is 1600 g/mol. The van der Waals surface area contributed by atoms with Crippen molar-refractivity contribution in [1.82, 2.24) is 0 Å². The SMILES string of the molecule is CCC(C)(C)C(=O)OC(C)OC.CCC(C)(C)C(=O)OC1(CC(=O)OC(C)(C)C)CC2CC1C1C3CCC(C3)C21.CCC(C)(C)C(=O)OC1(CC(=O)OC2(C)CCCC2)CC2CCC1C2.CCC(C)(C)C(=O)OC1CC2CC1CC2C(=O)OC(C)(C)C.CCC(C)(C)OC(=O)C1CCC2CC(OC(=O)C(C)(C)CC)CCC2C1.CCOC(C)OC(=O)C(C)(C)CC. The van der Waals surface area contributed by atoms with Crippen molar-refractivity contribution >= 4 is 59.7 Å². The van der Waals surface area contributed by atoms with Gasteiger partial charge in [0.25, 0.3) is 0 Å². The molecular formula is C104H178O22. The zero-order chi connectivity index (χ0) is 95.3. The van der Waals surface area contributed by atoms with Crippen LogP contribution in [0.5, 0.6) is 0 Å². The van der Waals surface area contributed by atoms with Crippen LogP contribution in [0.3, 0.4) is 0 Å². The van der Waals surface area contributed by atoms with Crippen LogP contribution in [0.4, 0.5) is 0 Å². The van der Waals surface area contributed by atoms with Crippen LogP contribution < -0.4 is 0 Å². The molecule has 0 saturated heterocycles. The number of esters is 10. The fourth-order valence-corrected chi connectivity index (χ4v) is 20.9. The summed E-state index contributed by atoms with van der Waals surface area (Å²) in [4.78, 5) is 124. The van der Waals surface area contributed by atoms with E-state index in [1.165, 1.54) is 32.8 Å². The molecule has 11 rings (SSSR count). The predicted molar refractivity (Wildman–Crippen MR) is 488 cm³/mol. The van der Waals surface area contributed by atoms with Gasteiger partial charge in [-0.2, -0.15) is 0 Å². The molecule has 0 amide bonds. The van der Waals surface area contributed by atoms with E-state index in [2.05, 4.69) is 0 Å². The second-order valence-electron chi connectivity index (χ2n) is 46.6. The highest BCUT2D eigenvalue weighted by atomic mass is 16.7. The molecule has 20 unspecified atom stereocenters. The van der Waals surface area contributed by atoms with E-state index in [0.29, 0.717) is 59.9 Å². The van der Waals surface area contributed by atoms with E-state index in [9.17, 15) is 47.9 Å². The number of hydrogen-bond acceptors (Lipinski definition) is 22. The third kappa shape index (κ3) is 29.6. The first kappa shape index (κ1) is 109. The lowest BCUT2D eigenvalue weighted by molar-refractivity contribution is -0.191. The molecule has 11 aliphatic carbocycles. The third-order valence-electron chi connectivity index (χ3n) is 31.8. The van der Waals surface area contributed by atoms with E-state index in [1.54, 1.807) is 13.8 Å². The molecule has 0 N–H and O–H groups in total. The highest BCUT2D eigenvalue weighted by Gasteiger charge is 2.69. The Hall–Kier alpha value is -5.38. The van der Waals surface area contributed by atoms with Crippen LogP contribution >= 0.6 is 0 Å². The molecule has 0 radical (unpaired) electrons. The summed E-state index contributed by atoms with van der Waals surface area (Å²) < 4.78 is 66.8. The van der Waals surface area contributed by atoms with Crippen molar-refractivity contribution in [3.05, 3.63) is 0 Å². The Bertz CT molecular complexity index is 3600. The molecule has 8 bridgehead atoms. The van der Waals surface area contributed by atoms with E-state index in [4.69, 9.17) is 56.8 Å². The van der Waals surface area contributed by atoms with Crippen molar-refractivity contribution in [2.75, 3.05) is 13.7 Å². The first-order valence-corrected chi connectivity index (χ1v) is 49.5. The number of carbonyl (C=O) groups is 10. The molecule has 20 atom stereocenters. The number of hydrogen-bond donors (Lipinski definition) is 0. The van der Waals surface area contributed by atoms with E-state index >= 15 is 0 Å². The van der Waals surface area contributed by atoms with Crippen molar-refractivity contribution in [3.8, 4) is 0 Å². The van der Waals surface area contributed by atoms with Crippen LogP contribution in [0.15, 0.2) is 0 Å². The lowest BCUT2D eigenvalue weighted by Crippen LogP contribution is -2.51. The number of fused-ring (bicyclic) bond motifs is 14. The Labute approximate surface area is 761 Å². The lowest BCUT2D eigenvalue weighted by Gasteiger charge is -2.46. The van der Waals surface area contributed by atoms with Crippen LogP contribution in [-0.2, 0) is 105 Å². The molecule has 0 spiro atoms. The maximum Gasteiger partial charge on any atom is 0.313 e. The minimum atomic E-state index is -0.651. The van der Waals surface area contributed by atoms with E-state index in [-0.39, 0.29) is 108 Å². The number of ether oxygens (including phenoxy) is 12. The van der Waals surface area contributed by atoms with E-state index in [0.717, 1.165) is 178 Å². The van der Waals surface area contributed by atoms with Crippen LogP contribution in [-0.4, -0.2) is 132 Å². The Morgan fingerprint density at radius 1 is 0.381 bits per heavy atom. The highest BCUT2D eigenvalue weighted by molar-refractivity contribution is 5.80. The topological polar surface area (TPSA) is 281 Å². The first-order chi connectivity index (χ1) is 58.1. The van der Waals surface area contributed by atoms with Gasteiger partial charge in [-0.1, -0.05) is 48.5 Å². The van der Waals surface area contributed by atoms with Crippen molar-refractivity contribution in [2.45, 2.75) is 472 Å². The molecule has 11 fully saturated rings. The smallest absolute Gasteiger partial charge is 0.313 e. The average molecular weight is 1780 g/mol. The van der Waals surface area contributed by atoms with Crippen LogP contribution in [0.25, 0.3) is 0 Å². The molecule has 22 nitrogen and oxygen atoms in total. The quantitative estimate of drug-likeness (QED) is 0.0279. The fraction of sp³-hybridized carbons (Fsp3) is 0.904. The normalized spacial score (nSPS) is 30.1. The average Bonchev–Trinajstić information content (AvgIpc) is 1.53. The lowest BCUT2D eigenvalue weighted by atomic mass is 9.64. The summed E-state index contributed by atoms with van der Waals surface area (Å²) >= 11 is 0. The Morgan fingerprint density at radius 2 is 0.849 bits per heavy atom. The Morgan fingerprint density at radius 3 is 1.33 bits per heavy atom. The van der Waals surface area contributed by atoms with Gasteiger partial charge in [-0.05, 0) is 417 Å². The molecule has 0 aromatic heterocycles. The van der Waals surface area contributed by atoms with Crippen molar-refractivity contribution in [3.63, 3.8) is 0 Å². The van der Waals surface area contributed by atoms with E-state index in [1.807, 2.05) is 201 Å². The number of rotatable bonds is 30. The second kappa shape index (κ2) is 44.4. The molecule has 22 heteroatoms. The zero-order valence-corrected chi connectivity index (χ0v) is 85.0. The van der Waals surface area contributed by atoms with Crippen LogP contribution in [0.2, 0.25) is 0 Å². The second-order valence-corrected chi connectivity index (χ2v) is 46.6. The van der Waals surface area contributed by atoms with Crippen molar-refractivity contribution < 1.29 is 105 Å². The van der Waals surface area contributed by atoms with Gasteiger partial charge in [0.05, 0.1) is 57.2 Å². The fourth-order valence-electron chi connectivity index (χ4n) is 20.9. The van der Waals surface area contributed by atoms with Gasteiger partial charge < -0.3 is 56.8 Å². The molecule has 11 aliphatic rings. The monoisotopic (exact) mass is 1780 g/mol. The Balaban J connectivity index is 0.000000239. The van der Waals surface area contributed by atoms with Gasteiger partial charge in [-0.25, -0.2) is 0 Å². The Kier molecular flexibility index (Phi) is 38.6. The molecule has 126 heavy (non-hydrogen) atoms. The van der Waals surface area contributed by atoms with E-state index < -0.39 is 67.5 Å². The van der Waals surface area contributed by atoms with Crippen molar-refractivity contribution in [1.29, 1.82) is 0 Å². The predicted octanol–water partition coefficient (Wildman–Crippen LogP) is 23.2.